The molecule has 3 heteroatoms. The average Bonchev–Trinajstić information content (AvgIpc) is 2.90. The van der Waals surface area contributed by atoms with E-state index in [1.54, 1.807) is 0 Å². The van der Waals surface area contributed by atoms with Crippen molar-refractivity contribution in [1.29, 1.82) is 0 Å². The van der Waals surface area contributed by atoms with E-state index in [0.29, 0.717) is 0 Å². The second-order valence-corrected chi connectivity index (χ2v) is 14.2. The Balaban J connectivity index is 0.000000223. The molecule has 0 N–H and O–H groups in total. The number of nitrogens with zero attached hydrogens (tertiary/aromatic N) is 1. The molecule has 0 aliphatic heterocycles. The molecule has 0 radical (unpaired) electrons. The van der Waals surface area contributed by atoms with Gasteiger partial charge >= 0.3 is 20.1 Å². The van der Waals surface area contributed by atoms with Crippen LogP contribution in [0.1, 0.15) is 0 Å². The van der Waals surface area contributed by atoms with Crippen molar-refractivity contribution in [2.75, 3.05) is 0 Å². The van der Waals surface area contributed by atoms with Crippen molar-refractivity contribution in [1.82, 2.24) is 4.98 Å². The van der Waals surface area contributed by atoms with Crippen LogP contribution in [0.3, 0.4) is 0 Å². The zero-order chi connectivity index (χ0) is 23.8. The first-order valence-corrected chi connectivity index (χ1v) is 15.0. The quantitative estimate of drug-likeness (QED) is 0.144. The van der Waals surface area contributed by atoms with Gasteiger partial charge in [0.25, 0.3) is 0 Å². The topological polar surface area (TPSA) is 12.9 Å². The van der Waals surface area contributed by atoms with E-state index in [0.717, 1.165) is 22.4 Å². The smallest absolute Gasteiger partial charge is 0.305 e. The van der Waals surface area contributed by atoms with Crippen LogP contribution in [0.5, 0.6) is 0 Å². The zero-order valence-electron chi connectivity index (χ0n) is 20.3. The van der Waals surface area contributed by atoms with Crippen molar-refractivity contribution in [2.45, 2.75) is 19.6 Å². The molecule has 1 nitrogen and oxygen atoms in total. The van der Waals surface area contributed by atoms with Crippen molar-refractivity contribution in [2.24, 2.45) is 0 Å². The van der Waals surface area contributed by atoms with Crippen molar-refractivity contribution in [3.63, 3.8) is 0 Å². The minimum Gasteiger partial charge on any atom is -0.305 e. The van der Waals surface area contributed by atoms with Gasteiger partial charge in [0, 0.05) is 6.20 Å². The van der Waals surface area contributed by atoms with Crippen molar-refractivity contribution >= 4 is 13.3 Å². The molecule has 0 aliphatic carbocycles. The molecule has 0 spiro atoms. The first kappa shape index (κ1) is 26.5. The zero-order valence-corrected chi connectivity index (χ0v) is 23.6. The third kappa shape index (κ3) is 7.44. The molecule has 5 aromatic rings. The number of aromatic nitrogens is 1. The largest absolute Gasteiger partial charge is 3.00 e. The van der Waals surface area contributed by atoms with E-state index in [-0.39, 0.29) is 20.1 Å². The van der Waals surface area contributed by atoms with E-state index in [4.69, 9.17) is 0 Å². The number of benzene rings is 4. The summed E-state index contributed by atoms with van der Waals surface area (Å²) in [4.78, 5) is 4.65. The third-order valence-corrected chi connectivity index (χ3v) is 7.55. The second-order valence-electron chi connectivity index (χ2n) is 9.09. The Morgan fingerprint density at radius 2 is 1.17 bits per heavy atom. The van der Waals surface area contributed by atoms with Gasteiger partial charge in [-0.2, -0.15) is 48.5 Å². The fourth-order valence-corrected chi connectivity index (χ4v) is 4.58. The normalized spacial score (nSPS) is 10.5. The minimum absolute atomic E-state index is 0. The number of pyridine rings is 1. The molecule has 0 unspecified atom stereocenters. The summed E-state index contributed by atoms with van der Waals surface area (Å²) in [5.74, 6) is 0. The van der Waals surface area contributed by atoms with Gasteiger partial charge in [-0.15, -0.1) is 47.5 Å². The molecular formula is C32H28IrNSi. The molecule has 35 heavy (non-hydrogen) atoms. The van der Waals surface area contributed by atoms with Gasteiger partial charge in [-0.1, -0.05) is 62.1 Å². The first-order valence-electron chi connectivity index (χ1n) is 11.5. The van der Waals surface area contributed by atoms with Gasteiger partial charge in [0.15, 0.2) is 0 Å². The summed E-state index contributed by atoms with van der Waals surface area (Å²) in [6, 6.07) is 46.4. The van der Waals surface area contributed by atoms with Crippen molar-refractivity contribution < 1.29 is 20.1 Å². The molecule has 5 rings (SSSR count). The molecule has 0 aliphatic rings. The fourth-order valence-electron chi connectivity index (χ4n) is 3.54. The molecule has 0 atom stereocenters. The Morgan fingerprint density at radius 1 is 0.571 bits per heavy atom. The Hall–Kier alpha value is -3.10. The van der Waals surface area contributed by atoms with Crippen LogP contribution in [0.15, 0.2) is 115 Å². The van der Waals surface area contributed by atoms with E-state index in [2.05, 4.69) is 91.4 Å². The number of rotatable bonds is 4. The monoisotopic (exact) mass is 647 g/mol. The van der Waals surface area contributed by atoms with Crippen LogP contribution in [-0.2, 0) is 20.1 Å². The van der Waals surface area contributed by atoms with Gasteiger partial charge < -0.3 is 4.98 Å². The molecule has 0 saturated carbocycles. The number of hydrogen-bond acceptors (Lipinski definition) is 1. The molecule has 0 fully saturated rings. The van der Waals surface area contributed by atoms with Crippen LogP contribution >= 0.6 is 0 Å². The molecule has 174 valence electrons. The summed E-state index contributed by atoms with van der Waals surface area (Å²) < 4.78 is 0. The second kappa shape index (κ2) is 12.6. The van der Waals surface area contributed by atoms with Crippen LogP contribution in [-0.4, -0.2) is 13.1 Å². The maximum atomic E-state index is 4.65. The summed E-state index contributed by atoms with van der Waals surface area (Å²) in [6.45, 7) is 7.02. The third-order valence-electron chi connectivity index (χ3n) is 5.52. The summed E-state index contributed by atoms with van der Waals surface area (Å²) in [5, 5.41) is 1.38. The standard InChI is InChI=1S/C20H20NSi.C12H8.Ir/c1-22(2,3)19-12-13-20(21-15-19)18-11-7-10-17(14-18)16-8-5-4-6-9-16;1-3-7-11(8-4-1)12-9-5-2-6-10-12;/h4-10,12-15H,1-3H3;1-7,9H;/q-1;-2;+3. The molecule has 0 bridgehead atoms. The van der Waals surface area contributed by atoms with Crippen LogP contribution in [0.4, 0.5) is 0 Å². The van der Waals surface area contributed by atoms with Gasteiger partial charge in [-0.05, 0) is 16.4 Å². The van der Waals surface area contributed by atoms with Gasteiger partial charge in [0.05, 0.1) is 8.07 Å². The van der Waals surface area contributed by atoms with E-state index in [1.807, 2.05) is 66.9 Å². The van der Waals surface area contributed by atoms with Crippen LogP contribution in [0.2, 0.25) is 19.6 Å². The van der Waals surface area contributed by atoms with Crippen LogP contribution < -0.4 is 5.19 Å². The average molecular weight is 647 g/mol. The first-order chi connectivity index (χ1) is 16.5. The van der Waals surface area contributed by atoms with Gasteiger partial charge in [-0.25, -0.2) is 11.1 Å². The predicted molar refractivity (Wildman–Crippen MR) is 146 cm³/mol. The molecule has 0 saturated heterocycles. The maximum absolute atomic E-state index is 4.65. The van der Waals surface area contributed by atoms with Crippen LogP contribution in [0.25, 0.3) is 33.5 Å². The Labute approximate surface area is 224 Å². The molecular weight excluding hydrogens is 619 g/mol. The summed E-state index contributed by atoms with van der Waals surface area (Å²) >= 11 is 0. The molecule has 0 amide bonds. The van der Waals surface area contributed by atoms with Gasteiger partial charge in [-0.3, -0.25) is 0 Å². The molecule has 1 aromatic heterocycles. The summed E-state index contributed by atoms with van der Waals surface area (Å²) in [6.07, 6.45) is 2.03. The van der Waals surface area contributed by atoms with E-state index >= 15 is 0 Å². The van der Waals surface area contributed by atoms with E-state index in [9.17, 15) is 0 Å². The van der Waals surface area contributed by atoms with Gasteiger partial charge in [0.2, 0.25) is 0 Å². The van der Waals surface area contributed by atoms with Crippen molar-refractivity contribution in [3.05, 3.63) is 134 Å². The Morgan fingerprint density at radius 3 is 1.69 bits per heavy atom. The van der Waals surface area contributed by atoms with E-state index in [1.165, 1.54) is 16.3 Å². The summed E-state index contributed by atoms with van der Waals surface area (Å²) in [5.41, 5.74) is 6.64. The molecule has 1 heterocycles. The van der Waals surface area contributed by atoms with Crippen molar-refractivity contribution in [3.8, 4) is 33.5 Å². The SMILES string of the molecule is C[Si](C)(C)c1ccc(-c2[c-]ccc(-c3ccccc3)c2)nc1.[Ir+3].[c-]1ccccc1-c1[c-]cccc1. The Bertz CT molecular complexity index is 1260. The number of hydrogen-bond donors (Lipinski definition) is 0. The minimum atomic E-state index is -1.29. The van der Waals surface area contributed by atoms with Gasteiger partial charge in [0.1, 0.15) is 0 Å². The fraction of sp³-hybridized carbons (Fsp3) is 0.0938. The molecule has 4 aromatic carbocycles. The Kier molecular flexibility index (Phi) is 9.51. The van der Waals surface area contributed by atoms with Crippen LogP contribution in [0, 0.1) is 18.2 Å². The predicted octanol–water partition coefficient (Wildman–Crippen LogP) is 7.71. The van der Waals surface area contributed by atoms with E-state index < -0.39 is 8.07 Å². The summed E-state index contributed by atoms with van der Waals surface area (Å²) in [7, 11) is -1.29. The maximum Gasteiger partial charge on any atom is 3.00 e.